The van der Waals surface area contributed by atoms with Gasteiger partial charge < -0.3 is 5.32 Å². The van der Waals surface area contributed by atoms with Crippen molar-refractivity contribution in [3.8, 4) is 0 Å². The molecule has 1 heterocycles. The van der Waals surface area contributed by atoms with Crippen molar-refractivity contribution in [3.63, 3.8) is 0 Å². The molecule has 2 rings (SSSR count). The molecule has 1 unspecified atom stereocenters. The molecule has 1 atom stereocenters. The summed E-state index contributed by atoms with van der Waals surface area (Å²) < 4.78 is -1.30. The van der Waals surface area contributed by atoms with E-state index >= 15 is 0 Å². The number of benzene rings is 1. The summed E-state index contributed by atoms with van der Waals surface area (Å²) in [5.74, 6) is -0.329. The van der Waals surface area contributed by atoms with E-state index in [-0.39, 0.29) is 11.9 Å². The molecule has 2 nitrogen and oxygen atoms in total. The smallest absolute Gasteiger partial charge is 0.259 e. The van der Waals surface area contributed by atoms with Gasteiger partial charge in [0.1, 0.15) is 0 Å². The highest BCUT2D eigenvalue weighted by Gasteiger charge is 2.53. The lowest BCUT2D eigenvalue weighted by Crippen LogP contribution is -2.59. The molecule has 1 amide bonds. The molecular weight excluding hydrogens is 209 g/mol. The number of carbonyl (C=O) groups is 1. The van der Waals surface area contributed by atoms with Crippen LogP contribution in [0.2, 0.25) is 0 Å². The molecule has 0 aromatic heterocycles. The van der Waals surface area contributed by atoms with Crippen LogP contribution >= 0.6 is 23.2 Å². The van der Waals surface area contributed by atoms with Crippen LogP contribution in [0, 0.1) is 0 Å². The lowest BCUT2D eigenvalue weighted by atomic mass is 9.96. The average Bonchev–Trinajstić information content (AvgIpc) is 2.15. The maximum absolute atomic E-state index is 11.0. The third-order valence-corrected chi connectivity index (χ3v) is 2.85. The Hall–Kier alpha value is -0.730. The molecule has 0 radical (unpaired) electrons. The van der Waals surface area contributed by atoms with Crippen LogP contribution in [-0.2, 0) is 4.79 Å². The number of carbonyl (C=O) groups excluding carboxylic acids is 1. The number of hydrogen-bond donors (Lipinski definition) is 1. The van der Waals surface area contributed by atoms with Gasteiger partial charge in [0.2, 0.25) is 4.33 Å². The summed E-state index contributed by atoms with van der Waals surface area (Å²) >= 11 is 11.6. The zero-order chi connectivity index (χ0) is 9.47. The average molecular weight is 216 g/mol. The van der Waals surface area contributed by atoms with Crippen molar-refractivity contribution in [2.24, 2.45) is 0 Å². The van der Waals surface area contributed by atoms with Crippen molar-refractivity contribution in [2.75, 3.05) is 0 Å². The van der Waals surface area contributed by atoms with Crippen LogP contribution in [0.3, 0.4) is 0 Å². The molecular formula is C9H7Cl2NO. The van der Waals surface area contributed by atoms with E-state index in [0.29, 0.717) is 0 Å². The molecule has 1 aromatic rings. The number of alkyl halides is 2. The third kappa shape index (κ3) is 1.30. The Kier molecular flexibility index (Phi) is 1.97. The minimum Gasteiger partial charge on any atom is -0.343 e. The van der Waals surface area contributed by atoms with Gasteiger partial charge in [-0.05, 0) is 5.56 Å². The fraction of sp³-hybridized carbons (Fsp3) is 0.222. The van der Waals surface area contributed by atoms with Gasteiger partial charge in [-0.3, -0.25) is 4.79 Å². The molecule has 0 spiro atoms. The SMILES string of the molecule is O=C1NC(c2ccccc2)C1(Cl)Cl. The van der Waals surface area contributed by atoms with Crippen LogP contribution in [0.1, 0.15) is 11.6 Å². The van der Waals surface area contributed by atoms with Gasteiger partial charge in [0.05, 0.1) is 6.04 Å². The Morgan fingerprint density at radius 3 is 2.31 bits per heavy atom. The van der Waals surface area contributed by atoms with Gasteiger partial charge in [-0.1, -0.05) is 53.5 Å². The maximum Gasteiger partial charge on any atom is 0.259 e. The molecule has 1 aliphatic heterocycles. The molecule has 1 fully saturated rings. The lowest BCUT2D eigenvalue weighted by Gasteiger charge is -2.39. The van der Waals surface area contributed by atoms with Crippen molar-refractivity contribution in [2.45, 2.75) is 10.4 Å². The van der Waals surface area contributed by atoms with E-state index in [1.807, 2.05) is 30.3 Å². The summed E-state index contributed by atoms with van der Waals surface area (Å²) in [5.41, 5.74) is 0.923. The number of hydrogen-bond acceptors (Lipinski definition) is 1. The van der Waals surface area contributed by atoms with Crippen molar-refractivity contribution in [1.29, 1.82) is 0 Å². The van der Waals surface area contributed by atoms with E-state index in [2.05, 4.69) is 5.32 Å². The van der Waals surface area contributed by atoms with Crippen LogP contribution in [-0.4, -0.2) is 10.2 Å². The van der Waals surface area contributed by atoms with E-state index in [0.717, 1.165) is 5.56 Å². The van der Waals surface area contributed by atoms with Crippen LogP contribution in [0.4, 0.5) is 0 Å². The maximum atomic E-state index is 11.0. The van der Waals surface area contributed by atoms with Gasteiger partial charge in [-0.2, -0.15) is 0 Å². The van der Waals surface area contributed by atoms with Crippen molar-refractivity contribution in [3.05, 3.63) is 35.9 Å². The minimum atomic E-state index is -1.30. The molecule has 0 aliphatic carbocycles. The highest BCUT2D eigenvalue weighted by atomic mass is 35.5. The first-order valence-electron chi connectivity index (χ1n) is 3.86. The number of β-lactam (4-membered cyclic amide) rings is 1. The number of amides is 1. The predicted octanol–water partition coefficient (Wildman–Crippen LogP) is 2.03. The first-order chi connectivity index (χ1) is 6.12. The molecule has 4 heteroatoms. The summed E-state index contributed by atoms with van der Waals surface area (Å²) in [6, 6.07) is 9.12. The number of nitrogens with one attached hydrogen (secondary N) is 1. The van der Waals surface area contributed by atoms with Crippen LogP contribution in [0.15, 0.2) is 30.3 Å². The van der Waals surface area contributed by atoms with Gasteiger partial charge in [-0.25, -0.2) is 0 Å². The molecule has 1 saturated heterocycles. The Labute approximate surface area is 85.8 Å². The zero-order valence-electron chi connectivity index (χ0n) is 6.63. The molecule has 0 bridgehead atoms. The second-order valence-electron chi connectivity index (χ2n) is 2.94. The topological polar surface area (TPSA) is 29.1 Å². The molecule has 13 heavy (non-hydrogen) atoms. The fourth-order valence-electron chi connectivity index (χ4n) is 1.31. The summed E-state index contributed by atoms with van der Waals surface area (Å²) in [6.07, 6.45) is 0. The molecule has 0 saturated carbocycles. The third-order valence-electron chi connectivity index (χ3n) is 2.07. The van der Waals surface area contributed by atoms with Crippen LogP contribution in [0.5, 0.6) is 0 Å². The summed E-state index contributed by atoms with van der Waals surface area (Å²) in [6.45, 7) is 0. The minimum absolute atomic E-state index is 0.287. The molecule has 68 valence electrons. The summed E-state index contributed by atoms with van der Waals surface area (Å²) in [7, 11) is 0. The van der Waals surface area contributed by atoms with E-state index in [9.17, 15) is 4.79 Å². The predicted molar refractivity (Wildman–Crippen MR) is 51.8 cm³/mol. The molecule has 1 aromatic carbocycles. The highest BCUT2D eigenvalue weighted by Crippen LogP contribution is 2.43. The monoisotopic (exact) mass is 215 g/mol. The molecule has 1 aliphatic rings. The molecule has 1 N–H and O–H groups in total. The van der Waals surface area contributed by atoms with Gasteiger partial charge in [-0.15, -0.1) is 0 Å². The number of halogens is 2. The van der Waals surface area contributed by atoms with Crippen LogP contribution < -0.4 is 5.32 Å². The number of rotatable bonds is 1. The Bertz CT molecular complexity index is 337. The van der Waals surface area contributed by atoms with E-state index in [4.69, 9.17) is 23.2 Å². The Balaban J connectivity index is 2.27. The zero-order valence-corrected chi connectivity index (χ0v) is 8.14. The Morgan fingerprint density at radius 1 is 1.23 bits per heavy atom. The van der Waals surface area contributed by atoms with Crippen molar-refractivity contribution >= 4 is 29.1 Å². The summed E-state index contributed by atoms with van der Waals surface area (Å²) in [4.78, 5) is 11.0. The van der Waals surface area contributed by atoms with Gasteiger partial charge in [0.15, 0.2) is 0 Å². The second-order valence-corrected chi connectivity index (χ2v) is 4.33. The normalized spacial score (nSPS) is 24.8. The Morgan fingerprint density at radius 2 is 1.85 bits per heavy atom. The lowest BCUT2D eigenvalue weighted by molar-refractivity contribution is -0.129. The van der Waals surface area contributed by atoms with Crippen LogP contribution in [0.25, 0.3) is 0 Å². The second kappa shape index (κ2) is 2.89. The van der Waals surface area contributed by atoms with Gasteiger partial charge in [0.25, 0.3) is 5.91 Å². The van der Waals surface area contributed by atoms with Gasteiger partial charge in [0, 0.05) is 0 Å². The highest BCUT2D eigenvalue weighted by molar-refractivity contribution is 6.60. The standard InChI is InChI=1S/C9H7Cl2NO/c10-9(11)7(12-8(9)13)6-4-2-1-3-5-6/h1-5,7H,(H,12,13). The van der Waals surface area contributed by atoms with Crippen molar-refractivity contribution in [1.82, 2.24) is 5.32 Å². The quantitative estimate of drug-likeness (QED) is 0.564. The van der Waals surface area contributed by atoms with E-state index in [1.54, 1.807) is 0 Å². The first kappa shape index (κ1) is 8.85. The van der Waals surface area contributed by atoms with Gasteiger partial charge >= 0.3 is 0 Å². The first-order valence-corrected chi connectivity index (χ1v) is 4.61. The van der Waals surface area contributed by atoms with E-state index in [1.165, 1.54) is 0 Å². The largest absolute Gasteiger partial charge is 0.343 e. The van der Waals surface area contributed by atoms with Crippen molar-refractivity contribution < 1.29 is 4.79 Å². The summed E-state index contributed by atoms with van der Waals surface area (Å²) in [5, 5.41) is 2.65. The fourth-order valence-corrected chi connectivity index (χ4v) is 1.78. The van der Waals surface area contributed by atoms with E-state index < -0.39 is 4.33 Å².